The van der Waals surface area contributed by atoms with E-state index in [0.29, 0.717) is 32.1 Å². The van der Waals surface area contributed by atoms with Gasteiger partial charge in [0.15, 0.2) is 25.2 Å². The molecule has 8 rings (SSSR count). The predicted molar refractivity (Wildman–Crippen MR) is 268 cm³/mol. The molecule has 4 heterocycles. The van der Waals surface area contributed by atoms with E-state index >= 15 is 0 Å². The Morgan fingerprint density at radius 1 is 0.590 bits per heavy atom. The number of hydrogen-bond donors (Lipinski definition) is 16. The van der Waals surface area contributed by atoms with Crippen molar-refractivity contribution in [2.75, 3.05) is 26.4 Å². The van der Waals surface area contributed by atoms with E-state index in [1.807, 2.05) is 0 Å². The highest BCUT2D eigenvalue weighted by molar-refractivity contribution is 5.32. The second-order valence-electron chi connectivity index (χ2n) is 25.9. The van der Waals surface area contributed by atoms with Crippen LogP contribution < -0.4 is 0 Å². The molecule has 0 aromatic heterocycles. The third kappa shape index (κ3) is 11.0. The first kappa shape index (κ1) is 62.8. The molecule has 7 fully saturated rings. The summed E-state index contributed by atoms with van der Waals surface area (Å²) in [4.78, 5) is 0. The van der Waals surface area contributed by atoms with Gasteiger partial charge in [-0.1, -0.05) is 53.2 Å². The molecule has 24 nitrogen and oxygen atoms in total. The Kier molecular flexibility index (Phi) is 19.1. The monoisotopic (exact) mass is 1120 g/mol. The van der Waals surface area contributed by atoms with Crippen molar-refractivity contribution in [2.45, 2.75) is 253 Å². The second-order valence-corrected chi connectivity index (χ2v) is 25.9. The Bertz CT molecular complexity index is 2030. The van der Waals surface area contributed by atoms with E-state index in [-0.39, 0.29) is 40.9 Å². The van der Waals surface area contributed by atoms with Crippen molar-refractivity contribution in [3.05, 3.63) is 11.6 Å². The molecule has 0 bridgehead atoms. The maximum atomic E-state index is 12.7. The van der Waals surface area contributed by atoms with Crippen LogP contribution in [0.3, 0.4) is 0 Å². The minimum absolute atomic E-state index is 0.0338. The van der Waals surface area contributed by atoms with Crippen LogP contribution in [0.5, 0.6) is 0 Å². The van der Waals surface area contributed by atoms with Crippen molar-refractivity contribution < 1.29 is 120 Å². The van der Waals surface area contributed by atoms with Gasteiger partial charge >= 0.3 is 0 Å². The molecule has 0 spiro atoms. The number of rotatable bonds is 17. The molecule has 0 aromatic carbocycles. The van der Waals surface area contributed by atoms with Crippen LogP contribution in [0.1, 0.15) is 107 Å². The molecular weight excluding hydrogens is 1030 g/mol. The molecule has 8 aliphatic rings. The van der Waals surface area contributed by atoms with Crippen molar-refractivity contribution >= 4 is 0 Å². The number of aliphatic hydroxyl groups is 16. The van der Waals surface area contributed by atoms with Crippen molar-refractivity contribution in [2.24, 2.45) is 45.3 Å². The average Bonchev–Trinajstić information content (AvgIpc) is 2.93. The molecule has 4 aliphatic carbocycles. The zero-order chi connectivity index (χ0) is 57.5. The summed E-state index contributed by atoms with van der Waals surface area (Å²) in [7, 11) is 0. The first-order valence-corrected chi connectivity index (χ1v) is 28.0. The first-order chi connectivity index (χ1) is 36.4. The Morgan fingerprint density at radius 3 is 1.65 bits per heavy atom. The molecule has 0 amide bonds. The minimum Gasteiger partial charge on any atom is -0.394 e. The van der Waals surface area contributed by atoms with Gasteiger partial charge in [-0.15, -0.1) is 0 Å². The summed E-state index contributed by atoms with van der Waals surface area (Å²) in [6.07, 6.45) is -26.9. The van der Waals surface area contributed by atoms with Gasteiger partial charge in [-0.25, -0.2) is 0 Å². The maximum absolute atomic E-state index is 12.7. The Labute approximate surface area is 455 Å². The van der Waals surface area contributed by atoms with Gasteiger partial charge < -0.3 is 120 Å². The molecule has 0 radical (unpaired) electrons. The van der Waals surface area contributed by atoms with Gasteiger partial charge in [0.1, 0.15) is 97.7 Å². The van der Waals surface area contributed by atoms with Gasteiger partial charge in [-0.05, 0) is 99.7 Å². The van der Waals surface area contributed by atoms with E-state index in [1.165, 1.54) is 0 Å². The van der Waals surface area contributed by atoms with Crippen LogP contribution in [0, 0.1) is 45.3 Å². The molecular formula is C54H92O24. The first-order valence-electron chi connectivity index (χ1n) is 28.0. The van der Waals surface area contributed by atoms with Gasteiger partial charge in [0.25, 0.3) is 0 Å². The highest BCUT2D eigenvalue weighted by Gasteiger charge is 2.70. The largest absolute Gasteiger partial charge is 0.394 e. The smallest absolute Gasteiger partial charge is 0.187 e. The zero-order valence-electron chi connectivity index (χ0n) is 46.1. The summed E-state index contributed by atoms with van der Waals surface area (Å²) >= 11 is 0. The van der Waals surface area contributed by atoms with E-state index in [1.54, 1.807) is 13.8 Å². The zero-order valence-corrected chi connectivity index (χ0v) is 46.1. The third-order valence-electron chi connectivity index (χ3n) is 20.8. The Balaban J connectivity index is 0.940. The van der Waals surface area contributed by atoms with Crippen LogP contribution in [0.25, 0.3) is 0 Å². The lowest BCUT2D eigenvalue weighted by molar-refractivity contribution is -0.375. The molecule has 78 heavy (non-hydrogen) atoms. The lowest BCUT2D eigenvalue weighted by atomic mass is 9.38. The van der Waals surface area contributed by atoms with Crippen LogP contribution in [-0.4, -0.2) is 255 Å². The second kappa shape index (κ2) is 23.7. The fourth-order valence-electron chi connectivity index (χ4n) is 15.6. The quantitative estimate of drug-likeness (QED) is 0.0637. The van der Waals surface area contributed by atoms with Crippen molar-refractivity contribution in [1.82, 2.24) is 0 Å². The SMILES string of the molecule is C[C@H](CC[C@H](O[C@@H]1O[C@H](CO)[C@@H](O)[C@H](O)[C@H]1O[C@@H]1O[C@H](CO)[C@@H](O)[C@H](O)[C@H]1O)C(C)(C)O)[C@H]1CC[C@@]2(C)[C@H]3CC=C4[C@@H](CC[C@H](O[C@@H]5O[C@H](CO[C@@H]6O[C@H](CO)[C@@H](O)[C@H](O)[C@H]6O)[C@@H](O)[C@H](O)[C@H]5O)C4(C)C)[C@]3(C)[C@H](O)C[C@]12C. The van der Waals surface area contributed by atoms with Gasteiger partial charge in [0, 0.05) is 10.8 Å². The van der Waals surface area contributed by atoms with Gasteiger partial charge in [0.2, 0.25) is 0 Å². The molecule has 4 aliphatic heterocycles. The molecule has 30 atom stereocenters. The lowest BCUT2D eigenvalue weighted by Gasteiger charge is -2.67. The van der Waals surface area contributed by atoms with Crippen LogP contribution >= 0.6 is 0 Å². The fraction of sp³-hybridized carbons (Fsp3) is 0.963. The summed E-state index contributed by atoms with van der Waals surface area (Å²) in [5.74, 6) is 0.236. The summed E-state index contributed by atoms with van der Waals surface area (Å²) in [5.41, 5.74) is -2.12. The minimum atomic E-state index is -1.85. The van der Waals surface area contributed by atoms with E-state index in [9.17, 15) is 81.7 Å². The normalized spacial score (nSPS) is 51.4. The number of aliphatic hydroxyl groups excluding tert-OH is 15. The van der Waals surface area contributed by atoms with Crippen molar-refractivity contribution in [1.29, 1.82) is 0 Å². The molecule has 4 saturated heterocycles. The number of hydrogen-bond acceptors (Lipinski definition) is 24. The van der Waals surface area contributed by atoms with Crippen LogP contribution in [0.4, 0.5) is 0 Å². The van der Waals surface area contributed by atoms with Crippen molar-refractivity contribution in [3.8, 4) is 0 Å². The predicted octanol–water partition coefficient (Wildman–Crippen LogP) is -3.23. The Morgan fingerprint density at radius 2 is 1.09 bits per heavy atom. The number of fused-ring (bicyclic) bond motifs is 5. The van der Waals surface area contributed by atoms with E-state index in [4.69, 9.17) is 37.9 Å². The van der Waals surface area contributed by atoms with E-state index in [0.717, 1.165) is 18.4 Å². The standard InChI is InChI=1S/C54H92O24/c1-22(9-13-33(51(4,5)70)77-49-45(41(66)36(61)28(20-57)74-49)78-48-44(69)39(64)35(60)27(19-56)73-48)23-15-16-52(6)30-12-10-24-25(54(30,8)31(58)17-53(23,52)7)11-14-32(50(24,2)3)76-47-43(68)40(65)37(62)29(75-47)21-71-46-42(67)38(63)34(59)26(18-55)72-46/h10,22-23,25-49,55-70H,9,11-21H2,1-8H3/t22-,23-,25-,26-,27-,28-,29-,30-,31-,32+,33+,34-,35-,36-,37-,38+,39+,40+,41+,42-,43-,44-,45-,46-,47+,48+,49+,52+,53-,54+/m1/s1. The van der Waals surface area contributed by atoms with Crippen molar-refractivity contribution in [3.63, 3.8) is 0 Å². The Hall–Kier alpha value is -1.22. The molecule has 0 aromatic rings. The third-order valence-corrected chi connectivity index (χ3v) is 20.8. The summed E-state index contributed by atoms with van der Waals surface area (Å²) in [6.45, 7) is 13.6. The van der Waals surface area contributed by atoms with Crippen LogP contribution in [0.2, 0.25) is 0 Å². The van der Waals surface area contributed by atoms with Gasteiger partial charge in [-0.3, -0.25) is 0 Å². The molecule has 16 N–H and O–H groups in total. The van der Waals surface area contributed by atoms with E-state index in [2.05, 4.69) is 47.6 Å². The molecule has 452 valence electrons. The fourth-order valence-corrected chi connectivity index (χ4v) is 15.6. The lowest BCUT2D eigenvalue weighted by Crippen LogP contribution is -2.65. The topological polar surface area (TPSA) is 398 Å². The summed E-state index contributed by atoms with van der Waals surface area (Å²) in [6, 6.07) is 0. The molecule has 3 saturated carbocycles. The maximum Gasteiger partial charge on any atom is 0.187 e. The molecule has 0 unspecified atom stereocenters. The number of allylic oxidation sites excluding steroid dienone is 1. The van der Waals surface area contributed by atoms with E-state index < -0.39 is 184 Å². The van der Waals surface area contributed by atoms with Gasteiger partial charge in [-0.2, -0.15) is 0 Å². The highest BCUT2D eigenvalue weighted by atomic mass is 16.8. The summed E-state index contributed by atoms with van der Waals surface area (Å²) < 4.78 is 47.5. The summed E-state index contributed by atoms with van der Waals surface area (Å²) in [5, 5.41) is 172. The van der Waals surface area contributed by atoms with Gasteiger partial charge in [0.05, 0.1) is 50.3 Å². The van der Waals surface area contributed by atoms with Crippen LogP contribution in [-0.2, 0) is 37.9 Å². The van der Waals surface area contributed by atoms with Crippen LogP contribution in [0.15, 0.2) is 11.6 Å². The highest BCUT2D eigenvalue weighted by Crippen LogP contribution is 2.75. The average molecular weight is 1130 g/mol. The number of ether oxygens (including phenoxy) is 8. The molecule has 24 heteroatoms.